The van der Waals surface area contributed by atoms with E-state index in [1.807, 2.05) is 25.6 Å². The van der Waals surface area contributed by atoms with Gasteiger partial charge in [0.25, 0.3) is 5.56 Å². The molecular formula is C14H22N2O3S. The summed E-state index contributed by atoms with van der Waals surface area (Å²) in [5, 5.41) is 10.7. The summed E-state index contributed by atoms with van der Waals surface area (Å²) in [4.78, 5) is 26.3. The van der Waals surface area contributed by atoms with E-state index in [9.17, 15) is 14.7 Å². The van der Waals surface area contributed by atoms with Gasteiger partial charge >= 0.3 is 5.69 Å². The van der Waals surface area contributed by atoms with Gasteiger partial charge in [0.1, 0.15) is 0 Å². The Morgan fingerprint density at radius 1 is 1.40 bits per heavy atom. The van der Waals surface area contributed by atoms with Crippen molar-refractivity contribution in [2.24, 2.45) is 0 Å². The monoisotopic (exact) mass is 298 g/mol. The third kappa shape index (κ3) is 2.66. The Balaban J connectivity index is 2.54. The third-order valence-corrected chi connectivity index (χ3v) is 5.17. The van der Waals surface area contributed by atoms with Gasteiger partial charge in [-0.15, -0.1) is 0 Å². The van der Waals surface area contributed by atoms with Crippen LogP contribution in [-0.4, -0.2) is 25.7 Å². The van der Waals surface area contributed by atoms with Crippen molar-refractivity contribution in [3.63, 3.8) is 0 Å². The molecule has 1 aromatic heterocycles. The maximum atomic E-state index is 12.1. The fourth-order valence-electron chi connectivity index (χ4n) is 2.99. The van der Waals surface area contributed by atoms with Gasteiger partial charge in [-0.25, -0.2) is 4.79 Å². The minimum absolute atomic E-state index is 0.0261. The van der Waals surface area contributed by atoms with Crippen molar-refractivity contribution in [3.8, 4) is 5.88 Å². The Hall–Kier alpha value is -1.17. The first-order chi connectivity index (χ1) is 9.47. The van der Waals surface area contributed by atoms with E-state index in [2.05, 4.69) is 11.9 Å². The predicted molar refractivity (Wildman–Crippen MR) is 81.9 cm³/mol. The third-order valence-electron chi connectivity index (χ3n) is 3.86. The predicted octanol–water partition coefficient (Wildman–Crippen LogP) is 2.21. The Kier molecular flexibility index (Phi) is 4.62. The highest BCUT2D eigenvalue weighted by molar-refractivity contribution is 7.99. The summed E-state index contributed by atoms with van der Waals surface area (Å²) in [6.07, 6.45) is 2.96. The van der Waals surface area contributed by atoms with Crippen LogP contribution in [0.2, 0.25) is 0 Å². The van der Waals surface area contributed by atoms with E-state index in [0.717, 1.165) is 25.0 Å². The zero-order valence-corrected chi connectivity index (χ0v) is 13.0. The number of rotatable bonds is 4. The standard InChI is InChI=1S/C14H22N2O3S/c1-4-20-10-7-5-6-9(10)16-13(18)11(8(2)3)12(17)15-14(16)19/h8-10,18H,4-7H2,1-3H3,(H,15,17,19). The lowest BCUT2D eigenvalue weighted by Crippen LogP contribution is -2.36. The molecule has 1 aliphatic rings. The lowest BCUT2D eigenvalue weighted by Gasteiger charge is -2.23. The Morgan fingerprint density at radius 3 is 2.70 bits per heavy atom. The van der Waals surface area contributed by atoms with Gasteiger partial charge in [-0.1, -0.05) is 27.2 Å². The molecule has 2 N–H and O–H groups in total. The van der Waals surface area contributed by atoms with Crippen LogP contribution in [0.4, 0.5) is 0 Å². The summed E-state index contributed by atoms with van der Waals surface area (Å²) in [7, 11) is 0. The molecule has 2 rings (SSSR count). The van der Waals surface area contributed by atoms with Crippen molar-refractivity contribution in [3.05, 3.63) is 26.4 Å². The van der Waals surface area contributed by atoms with Gasteiger partial charge < -0.3 is 5.11 Å². The second-order valence-electron chi connectivity index (χ2n) is 5.51. The van der Waals surface area contributed by atoms with Crippen molar-refractivity contribution in [1.82, 2.24) is 9.55 Å². The highest BCUT2D eigenvalue weighted by atomic mass is 32.2. The smallest absolute Gasteiger partial charge is 0.331 e. The molecule has 1 heterocycles. The summed E-state index contributed by atoms with van der Waals surface area (Å²) < 4.78 is 1.40. The zero-order chi connectivity index (χ0) is 14.9. The molecule has 1 saturated carbocycles. The molecule has 1 fully saturated rings. The Bertz CT molecular complexity index is 591. The number of aromatic nitrogens is 2. The van der Waals surface area contributed by atoms with Crippen molar-refractivity contribution in [1.29, 1.82) is 0 Å². The number of hydrogen-bond donors (Lipinski definition) is 2. The first-order valence-electron chi connectivity index (χ1n) is 7.16. The van der Waals surface area contributed by atoms with Crippen LogP contribution in [0.1, 0.15) is 57.6 Å². The first-order valence-corrected chi connectivity index (χ1v) is 8.21. The Labute approximate surface area is 122 Å². The number of H-pyrrole nitrogens is 1. The van der Waals surface area contributed by atoms with Crippen LogP contribution >= 0.6 is 11.8 Å². The van der Waals surface area contributed by atoms with Gasteiger partial charge in [0.15, 0.2) is 0 Å². The second-order valence-corrected chi connectivity index (χ2v) is 7.03. The Morgan fingerprint density at radius 2 is 2.10 bits per heavy atom. The molecule has 0 aromatic carbocycles. The molecule has 0 spiro atoms. The summed E-state index contributed by atoms with van der Waals surface area (Å²) in [5.74, 6) is 0.712. The van der Waals surface area contributed by atoms with Crippen LogP contribution < -0.4 is 11.2 Å². The van der Waals surface area contributed by atoms with Crippen LogP contribution in [0.3, 0.4) is 0 Å². The lowest BCUT2D eigenvalue weighted by molar-refractivity contribution is 0.357. The number of aromatic hydroxyl groups is 1. The topological polar surface area (TPSA) is 75.1 Å². The zero-order valence-electron chi connectivity index (χ0n) is 12.2. The first kappa shape index (κ1) is 15.2. The number of nitrogens with one attached hydrogen (secondary N) is 1. The number of aromatic amines is 1. The van der Waals surface area contributed by atoms with E-state index in [1.165, 1.54) is 4.57 Å². The van der Waals surface area contributed by atoms with Crippen LogP contribution in [0.15, 0.2) is 9.59 Å². The largest absolute Gasteiger partial charge is 0.494 e. The van der Waals surface area contributed by atoms with Crippen LogP contribution in [0.5, 0.6) is 5.88 Å². The fraction of sp³-hybridized carbons (Fsp3) is 0.714. The minimum Gasteiger partial charge on any atom is -0.494 e. The molecular weight excluding hydrogens is 276 g/mol. The summed E-state index contributed by atoms with van der Waals surface area (Å²) in [6, 6.07) is -0.0261. The van der Waals surface area contributed by atoms with Gasteiger partial charge in [0.2, 0.25) is 5.88 Å². The molecule has 1 aromatic rings. The van der Waals surface area contributed by atoms with Crippen molar-refractivity contribution in [2.75, 3.05) is 5.75 Å². The summed E-state index contributed by atoms with van der Waals surface area (Å²) in [5.41, 5.74) is -0.668. The average Bonchev–Trinajstić information content (AvgIpc) is 2.76. The SMILES string of the molecule is CCSC1CCCC1n1c(O)c(C(C)C)c(=O)[nH]c1=O. The lowest BCUT2D eigenvalue weighted by atomic mass is 10.1. The van der Waals surface area contributed by atoms with Gasteiger partial charge in [0, 0.05) is 5.25 Å². The van der Waals surface area contributed by atoms with E-state index in [4.69, 9.17) is 0 Å². The van der Waals surface area contributed by atoms with E-state index >= 15 is 0 Å². The maximum Gasteiger partial charge on any atom is 0.331 e. The molecule has 0 radical (unpaired) electrons. The quantitative estimate of drug-likeness (QED) is 0.893. The normalized spacial score (nSPS) is 22.6. The highest BCUT2D eigenvalue weighted by Gasteiger charge is 2.32. The molecule has 1 aliphatic carbocycles. The minimum atomic E-state index is -0.495. The van der Waals surface area contributed by atoms with Crippen LogP contribution in [0.25, 0.3) is 0 Å². The molecule has 6 heteroatoms. The summed E-state index contributed by atoms with van der Waals surface area (Å²) in [6.45, 7) is 5.77. The average molecular weight is 298 g/mol. The van der Waals surface area contributed by atoms with E-state index in [0.29, 0.717) is 10.8 Å². The second kappa shape index (κ2) is 6.08. The molecule has 0 saturated heterocycles. The van der Waals surface area contributed by atoms with Crippen molar-refractivity contribution < 1.29 is 5.11 Å². The fourth-order valence-corrected chi connectivity index (χ4v) is 4.23. The number of hydrogen-bond acceptors (Lipinski definition) is 4. The van der Waals surface area contributed by atoms with E-state index in [-0.39, 0.29) is 17.8 Å². The molecule has 0 bridgehead atoms. The molecule has 2 unspecified atom stereocenters. The van der Waals surface area contributed by atoms with Crippen molar-refractivity contribution in [2.45, 2.75) is 57.2 Å². The van der Waals surface area contributed by atoms with Crippen molar-refractivity contribution >= 4 is 11.8 Å². The van der Waals surface area contributed by atoms with E-state index < -0.39 is 11.2 Å². The molecule has 2 atom stereocenters. The molecule has 5 nitrogen and oxygen atoms in total. The van der Waals surface area contributed by atoms with Crippen LogP contribution in [-0.2, 0) is 0 Å². The molecule has 0 amide bonds. The van der Waals surface area contributed by atoms with Gasteiger partial charge in [0.05, 0.1) is 11.6 Å². The highest BCUT2D eigenvalue weighted by Crippen LogP contribution is 2.39. The summed E-state index contributed by atoms with van der Waals surface area (Å²) >= 11 is 1.81. The van der Waals surface area contributed by atoms with E-state index in [1.54, 1.807) is 0 Å². The maximum absolute atomic E-state index is 12.1. The molecule has 20 heavy (non-hydrogen) atoms. The van der Waals surface area contributed by atoms with Gasteiger partial charge in [-0.2, -0.15) is 11.8 Å². The van der Waals surface area contributed by atoms with Gasteiger partial charge in [-0.05, 0) is 24.5 Å². The number of thioether (sulfide) groups is 1. The molecule has 112 valence electrons. The number of nitrogens with zero attached hydrogens (tertiary/aromatic N) is 1. The van der Waals surface area contributed by atoms with Crippen LogP contribution in [0, 0.1) is 0 Å². The van der Waals surface area contributed by atoms with Gasteiger partial charge in [-0.3, -0.25) is 14.3 Å². The molecule has 0 aliphatic heterocycles.